The van der Waals surface area contributed by atoms with Crippen LogP contribution in [0.4, 0.5) is 17.1 Å². The third-order valence-corrected chi connectivity index (χ3v) is 7.43. The second-order valence-electron chi connectivity index (χ2n) is 7.57. The SMILES string of the molecule is Nc1ccc(N=NC(=NNc2ccccc2S(=O)(=O)O)c2cc(S(=O)(=O)O)cc(S(=O)(=O)O)c2O)c(C(=O)O)c1. The van der Waals surface area contributed by atoms with Gasteiger partial charge in [-0.05, 0) is 42.5 Å². The molecular weight excluding hydrogens is 598 g/mol. The molecule has 20 heteroatoms. The number of nitrogen functional groups attached to an aromatic ring is 1. The topological polar surface area (TPSA) is 296 Å². The van der Waals surface area contributed by atoms with Crippen molar-refractivity contribution in [2.75, 3.05) is 11.2 Å². The van der Waals surface area contributed by atoms with Crippen LogP contribution in [0.15, 0.2) is 84.6 Å². The molecule has 0 heterocycles. The summed E-state index contributed by atoms with van der Waals surface area (Å²) in [5, 5.41) is 31.0. The predicted octanol–water partition coefficient (Wildman–Crippen LogP) is 1.97. The zero-order valence-electron chi connectivity index (χ0n) is 19.4. The maximum Gasteiger partial charge on any atom is 0.338 e. The smallest absolute Gasteiger partial charge is 0.338 e. The summed E-state index contributed by atoms with van der Waals surface area (Å²) in [6.45, 7) is 0. The maximum atomic E-state index is 11.8. The van der Waals surface area contributed by atoms with E-state index in [0.717, 1.165) is 24.3 Å². The van der Waals surface area contributed by atoms with Crippen LogP contribution in [-0.2, 0) is 30.4 Å². The summed E-state index contributed by atoms with van der Waals surface area (Å²) < 4.78 is 99.0. The number of carboxylic acids is 1. The quantitative estimate of drug-likeness (QED) is 0.0476. The Hall–Kier alpha value is -4.47. The Morgan fingerprint density at radius 2 is 1.43 bits per heavy atom. The number of nitrogens with two attached hydrogens (primary N) is 1. The molecule has 0 unspecified atom stereocenters. The lowest BCUT2D eigenvalue weighted by atomic mass is 10.1. The number of amidine groups is 1. The van der Waals surface area contributed by atoms with E-state index in [2.05, 4.69) is 20.8 Å². The van der Waals surface area contributed by atoms with Crippen molar-refractivity contribution in [3.05, 3.63) is 65.7 Å². The highest BCUT2D eigenvalue weighted by molar-refractivity contribution is 7.86. The monoisotopic (exact) mass is 615 g/mol. The number of phenolic OH excluding ortho intramolecular Hbond substituents is 1. The second-order valence-corrected chi connectivity index (χ2v) is 11.8. The van der Waals surface area contributed by atoms with Crippen LogP contribution in [0, 0.1) is 0 Å². The van der Waals surface area contributed by atoms with Crippen molar-refractivity contribution in [2.24, 2.45) is 15.3 Å². The third-order valence-electron chi connectivity index (χ3n) is 4.82. The minimum Gasteiger partial charge on any atom is -0.506 e. The van der Waals surface area contributed by atoms with Gasteiger partial charge in [-0.25, -0.2) is 4.79 Å². The number of azo groups is 1. The minimum absolute atomic E-state index is 0.0324. The van der Waals surface area contributed by atoms with Gasteiger partial charge in [-0.1, -0.05) is 12.1 Å². The van der Waals surface area contributed by atoms with Crippen LogP contribution in [0.5, 0.6) is 5.75 Å². The first-order valence-electron chi connectivity index (χ1n) is 10.2. The van der Waals surface area contributed by atoms with Gasteiger partial charge < -0.3 is 15.9 Å². The van der Waals surface area contributed by atoms with Crippen LogP contribution in [0.1, 0.15) is 15.9 Å². The van der Waals surface area contributed by atoms with Crippen LogP contribution < -0.4 is 11.2 Å². The first-order chi connectivity index (χ1) is 18.4. The lowest BCUT2D eigenvalue weighted by molar-refractivity contribution is 0.0697. The summed E-state index contributed by atoms with van der Waals surface area (Å²) in [5.74, 6) is -3.76. The van der Waals surface area contributed by atoms with E-state index in [9.17, 15) is 53.9 Å². The van der Waals surface area contributed by atoms with Gasteiger partial charge in [0.2, 0.25) is 5.84 Å². The van der Waals surface area contributed by atoms with Gasteiger partial charge in [0.1, 0.15) is 21.2 Å². The Morgan fingerprint density at radius 1 is 0.800 bits per heavy atom. The summed E-state index contributed by atoms with van der Waals surface area (Å²) in [6, 6.07) is 8.71. The van der Waals surface area contributed by atoms with Crippen molar-refractivity contribution >= 4 is 59.2 Å². The minimum atomic E-state index is -5.33. The maximum absolute atomic E-state index is 11.8. The molecule has 40 heavy (non-hydrogen) atoms. The Morgan fingerprint density at radius 3 is 2.00 bits per heavy atom. The van der Waals surface area contributed by atoms with E-state index in [1.807, 2.05) is 0 Å². The van der Waals surface area contributed by atoms with Gasteiger partial charge >= 0.3 is 5.97 Å². The van der Waals surface area contributed by atoms with Crippen molar-refractivity contribution in [1.29, 1.82) is 0 Å². The fourth-order valence-electron chi connectivity index (χ4n) is 3.05. The number of nitrogens with one attached hydrogen (secondary N) is 1. The summed E-state index contributed by atoms with van der Waals surface area (Å²) in [4.78, 5) is 8.32. The fourth-order valence-corrected chi connectivity index (χ4v) is 4.93. The summed E-state index contributed by atoms with van der Waals surface area (Å²) in [6.07, 6.45) is 0. The molecule has 3 aromatic carbocycles. The first-order valence-corrected chi connectivity index (χ1v) is 14.5. The van der Waals surface area contributed by atoms with E-state index in [1.165, 1.54) is 18.2 Å². The van der Waals surface area contributed by atoms with E-state index >= 15 is 0 Å². The van der Waals surface area contributed by atoms with E-state index in [1.54, 1.807) is 0 Å². The van der Waals surface area contributed by atoms with Crippen molar-refractivity contribution in [1.82, 2.24) is 0 Å². The Labute approximate surface area is 225 Å². The summed E-state index contributed by atoms with van der Waals surface area (Å²) in [7, 11) is -15.3. The molecule has 0 aliphatic heterocycles. The fraction of sp³-hybridized carbons (Fsp3) is 0. The number of benzene rings is 3. The van der Waals surface area contributed by atoms with E-state index < -0.39 is 79.4 Å². The number of rotatable bonds is 8. The standard InChI is InChI=1S/C20H17N5O12S3/c21-10-5-6-14(12(7-10)20(27)28)22-24-19(25-23-15-3-1-2-4-16(15)39(32,33)34)13-8-11(38(29,30)31)9-17(18(13)26)40(35,36)37/h1-9,23,26H,21H2,(H,27,28)(H,29,30,31)(H,32,33,34)(H,35,36,37). The van der Waals surface area contributed by atoms with Crippen molar-refractivity contribution in [3.8, 4) is 5.75 Å². The predicted molar refractivity (Wildman–Crippen MR) is 136 cm³/mol. The van der Waals surface area contributed by atoms with Crippen molar-refractivity contribution in [2.45, 2.75) is 14.7 Å². The molecule has 0 amide bonds. The molecule has 0 bridgehead atoms. The lowest BCUT2D eigenvalue weighted by Gasteiger charge is -2.11. The Kier molecular flexibility index (Phi) is 8.24. The molecule has 8 N–H and O–H groups in total. The lowest BCUT2D eigenvalue weighted by Crippen LogP contribution is -2.10. The molecule has 0 saturated heterocycles. The van der Waals surface area contributed by atoms with Crippen LogP contribution in [0.25, 0.3) is 0 Å². The van der Waals surface area contributed by atoms with Gasteiger partial charge in [0, 0.05) is 5.69 Å². The molecule has 0 atom stereocenters. The van der Waals surface area contributed by atoms with Gasteiger partial charge in [0.05, 0.1) is 21.7 Å². The molecule has 0 saturated carbocycles. The van der Waals surface area contributed by atoms with Gasteiger partial charge in [-0.3, -0.25) is 19.1 Å². The third kappa shape index (κ3) is 6.93. The van der Waals surface area contributed by atoms with Crippen LogP contribution in [0.3, 0.4) is 0 Å². The average Bonchev–Trinajstić information content (AvgIpc) is 2.83. The number of aromatic carboxylic acids is 1. The number of para-hydroxylation sites is 1. The Bertz CT molecular complexity index is 1900. The number of nitrogens with zero attached hydrogens (tertiary/aromatic N) is 3. The Balaban J connectivity index is 2.34. The number of hydrogen-bond acceptors (Lipinski definition) is 12. The number of carbonyl (C=O) groups is 1. The van der Waals surface area contributed by atoms with Crippen LogP contribution in [-0.4, -0.2) is 60.9 Å². The number of phenols is 1. The van der Waals surface area contributed by atoms with Crippen LogP contribution >= 0.6 is 0 Å². The number of hydrazone groups is 1. The molecule has 0 spiro atoms. The van der Waals surface area contributed by atoms with Gasteiger partial charge in [-0.2, -0.15) is 30.4 Å². The molecular formula is C20H17N5O12S3. The zero-order chi connectivity index (χ0) is 30.0. The van der Waals surface area contributed by atoms with Gasteiger partial charge in [0.25, 0.3) is 30.4 Å². The first kappa shape index (κ1) is 30.1. The van der Waals surface area contributed by atoms with E-state index in [-0.39, 0.29) is 17.4 Å². The van der Waals surface area contributed by atoms with Gasteiger partial charge in [-0.15, -0.1) is 10.2 Å². The molecule has 0 radical (unpaired) electrons. The van der Waals surface area contributed by atoms with E-state index in [4.69, 9.17) is 5.73 Å². The zero-order valence-corrected chi connectivity index (χ0v) is 21.9. The summed E-state index contributed by atoms with van der Waals surface area (Å²) >= 11 is 0. The second kappa shape index (κ2) is 11.0. The van der Waals surface area contributed by atoms with Crippen LogP contribution in [0.2, 0.25) is 0 Å². The molecule has 3 aromatic rings. The number of hydrogen-bond donors (Lipinski definition) is 7. The molecule has 17 nitrogen and oxygen atoms in total. The highest BCUT2D eigenvalue weighted by Crippen LogP contribution is 2.32. The molecule has 0 aromatic heterocycles. The molecule has 0 aliphatic carbocycles. The number of anilines is 2. The highest BCUT2D eigenvalue weighted by Gasteiger charge is 2.27. The largest absolute Gasteiger partial charge is 0.506 e. The van der Waals surface area contributed by atoms with E-state index in [0.29, 0.717) is 6.07 Å². The average molecular weight is 616 g/mol. The number of aromatic hydroxyl groups is 1. The van der Waals surface area contributed by atoms with Gasteiger partial charge in [0.15, 0.2) is 0 Å². The molecule has 212 valence electrons. The van der Waals surface area contributed by atoms with Crippen molar-refractivity contribution < 1.29 is 53.9 Å². The normalized spacial score (nSPS) is 12.9. The number of carboxylic acid groups (broad SMARTS) is 1. The molecule has 0 fully saturated rings. The highest BCUT2D eigenvalue weighted by atomic mass is 32.2. The molecule has 0 aliphatic rings. The van der Waals surface area contributed by atoms with Crippen molar-refractivity contribution in [3.63, 3.8) is 0 Å². The summed E-state index contributed by atoms with van der Waals surface area (Å²) in [5.41, 5.74) is 5.65. The molecule has 3 rings (SSSR count).